The Morgan fingerprint density at radius 2 is 1.82 bits per heavy atom. The molecule has 0 aromatic heterocycles. The summed E-state index contributed by atoms with van der Waals surface area (Å²) in [5, 5.41) is -0.0615. The van der Waals surface area contributed by atoms with Crippen molar-refractivity contribution in [1.82, 2.24) is 9.62 Å². The lowest BCUT2D eigenvalue weighted by atomic mass is 9.63. The van der Waals surface area contributed by atoms with Crippen LogP contribution in [0.2, 0.25) is 5.02 Å². The Morgan fingerprint density at radius 1 is 1.02 bits per heavy atom. The summed E-state index contributed by atoms with van der Waals surface area (Å²) in [4.78, 5) is 18.5. The number of hydrogen-bond acceptors (Lipinski definition) is 8. The Bertz CT molecular complexity index is 1660. The summed E-state index contributed by atoms with van der Waals surface area (Å²) in [5.41, 5.74) is 2.88. The number of hydrogen-bond donors (Lipinski definition) is 1. The molecule has 2 aromatic carbocycles. The van der Waals surface area contributed by atoms with E-state index in [4.69, 9.17) is 25.8 Å². The molecule has 4 aliphatic rings. The normalized spacial score (nSPS) is 30.1. The first-order valence-electron chi connectivity index (χ1n) is 18.9. The van der Waals surface area contributed by atoms with Gasteiger partial charge >= 0.3 is 0 Å². The van der Waals surface area contributed by atoms with Crippen molar-refractivity contribution in [2.75, 3.05) is 51.3 Å². The van der Waals surface area contributed by atoms with Gasteiger partial charge in [-0.25, -0.2) is 13.1 Å². The highest BCUT2D eigenvalue weighted by Crippen LogP contribution is 2.47. The van der Waals surface area contributed by atoms with Crippen LogP contribution in [0.1, 0.15) is 87.2 Å². The Morgan fingerprint density at radius 3 is 2.55 bits per heavy atom. The van der Waals surface area contributed by atoms with Gasteiger partial charge in [0.2, 0.25) is 10.0 Å². The Hall–Kier alpha value is -2.63. The molecule has 2 fully saturated rings. The molecular formula is C40H56ClN3O6S. The highest BCUT2D eigenvalue weighted by molar-refractivity contribution is 7.90. The van der Waals surface area contributed by atoms with Gasteiger partial charge in [0.05, 0.1) is 17.0 Å². The third kappa shape index (κ3) is 8.78. The molecule has 3 aliphatic heterocycles. The Kier molecular flexibility index (Phi) is 12.4. The molecule has 6 rings (SSSR count). The number of halogens is 1. The number of methoxy groups -OCH3 is 1. The molecule has 1 N–H and O–H groups in total. The fourth-order valence-electron chi connectivity index (χ4n) is 8.47. The molecule has 11 heteroatoms. The van der Waals surface area contributed by atoms with Crippen molar-refractivity contribution < 1.29 is 27.4 Å². The minimum atomic E-state index is -3.95. The minimum absolute atomic E-state index is 0.220. The zero-order chi connectivity index (χ0) is 36.2. The number of benzene rings is 2. The molecule has 2 aromatic rings. The van der Waals surface area contributed by atoms with Crippen LogP contribution in [-0.2, 0) is 32.5 Å². The molecule has 1 saturated heterocycles. The van der Waals surface area contributed by atoms with Crippen LogP contribution in [-0.4, -0.2) is 82.6 Å². The highest BCUT2D eigenvalue weighted by Gasteiger charge is 2.48. The number of rotatable bonds is 5. The molecule has 280 valence electrons. The standard InChI is InChI=1S/C40H56ClN3O6S/c1-5-50-40(27-43-21-17-35(48-4)18-22-43)19-8-9-28(2)29(3)51(46,47)42-39(45)31-13-16-38-37(24-31)44(25-32-12-15-36(32)40)20-7-6-10-30-23-34(41)14-11-33(30)26-49-38/h8,11,13-14,16,19,23-24,28-29,32,35-36H,5-7,9-10,12,15,17-18,20-22,25-27H2,1-4H3,(H,42,45)/b19-8+/t28-,29+,32-,36?,40+/m0/s1. The van der Waals surface area contributed by atoms with E-state index in [0.29, 0.717) is 43.0 Å². The number of fused-ring (bicyclic) bond motifs is 3. The second-order valence-corrected chi connectivity index (χ2v) is 17.6. The number of nitrogens with one attached hydrogen (secondary N) is 1. The molecule has 1 amide bonds. The van der Waals surface area contributed by atoms with Gasteiger partial charge in [-0.3, -0.25) is 9.69 Å². The third-order valence-corrected chi connectivity index (χ3v) is 14.1. The van der Waals surface area contributed by atoms with Crippen LogP contribution in [0, 0.1) is 17.8 Å². The van der Waals surface area contributed by atoms with Crippen molar-refractivity contribution >= 4 is 33.2 Å². The summed E-state index contributed by atoms with van der Waals surface area (Å²) in [6, 6.07) is 11.3. The summed E-state index contributed by atoms with van der Waals surface area (Å²) in [7, 11) is -2.15. The van der Waals surface area contributed by atoms with Crippen LogP contribution in [0.5, 0.6) is 5.75 Å². The van der Waals surface area contributed by atoms with Crippen LogP contribution in [0.3, 0.4) is 0 Å². The molecule has 5 atom stereocenters. The maximum Gasteiger partial charge on any atom is 0.264 e. The van der Waals surface area contributed by atoms with Gasteiger partial charge in [0.1, 0.15) is 18.0 Å². The zero-order valence-electron chi connectivity index (χ0n) is 30.7. The quantitative estimate of drug-likeness (QED) is 0.327. The van der Waals surface area contributed by atoms with E-state index in [9.17, 15) is 13.2 Å². The predicted octanol–water partition coefficient (Wildman–Crippen LogP) is 7.02. The molecule has 2 bridgehead atoms. The van der Waals surface area contributed by atoms with Gasteiger partial charge in [0, 0.05) is 57.0 Å². The van der Waals surface area contributed by atoms with Gasteiger partial charge in [-0.1, -0.05) is 36.7 Å². The summed E-state index contributed by atoms with van der Waals surface area (Å²) in [6.07, 6.45) is 12.2. The summed E-state index contributed by atoms with van der Waals surface area (Å²) in [5.74, 6) is 0.464. The Balaban J connectivity index is 1.40. The molecular weight excluding hydrogens is 686 g/mol. The van der Waals surface area contributed by atoms with Gasteiger partial charge in [0.25, 0.3) is 5.91 Å². The molecule has 1 unspecified atom stereocenters. The van der Waals surface area contributed by atoms with Gasteiger partial charge in [-0.15, -0.1) is 0 Å². The fourth-order valence-corrected chi connectivity index (χ4v) is 9.95. The van der Waals surface area contributed by atoms with Crippen molar-refractivity contribution in [3.8, 4) is 5.75 Å². The van der Waals surface area contributed by atoms with Crippen molar-refractivity contribution in [3.63, 3.8) is 0 Å². The van der Waals surface area contributed by atoms with Crippen molar-refractivity contribution in [3.05, 3.63) is 70.3 Å². The number of piperidine rings is 1. The highest BCUT2D eigenvalue weighted by atomic mass is 35.5. The van der Waals surface area contributed by atoms with Crippen LogP contribution in [0.4, 0.5) is 5.69 Å². The fraction of sp³-hybridized carbons (Fsp3) is 0.625. The average molecular weight is 742 g/mol. The predicted molar refractivity (Wildman–Crippen MR) is 203 cm³/mol. The first kappa shape index (κ1) is 38.1. The lowest BCUT2D eigenvalue weighted by molar-refractivity contribution is -0.113. The van der Waals surface area contributed by atoms with E-state index in [-0.39, 0.29) is 11.8 Å². The molecule has 1 saturated carbocycles. The van der Waals surface area contributed by atoms with Gasteiger partial charge in [-0.05, 0) is 124 Å². The van der Waals surface area contributed by atoms with Crippen LogP contribution < -0.4 is 14.4 Å². The molecule has 51 heavy (non-hydrogen) atoms. The molecule has 0 radical (unpaired) electrons. The number of allylic oxidation sites excluding steroid dienone is 1. The number of nitrogens with zero attached hydrogens (tertiary/aromatic N) is 2. The van der Waals surface area contributed by atoms with Crippen molar-refractivity contribution in [2.45, 2.75) is 95.7 Å². The average Bonchev–Trinajstić information content (AvgIpc) is 3.12. The summed E-state index contributed by atoms with van der Waals surface area (Å²) in [6.45, 7) is 10.9. The van der Waals surface area contributed by atoms with E-state index in [2.05, 4.69) is 33.6 Å². The second-order valence-electron chi connectivity index (χ2n) is 15.1. The van der Waals surface area contributed by atoms with E-state index in [0.717, 1.165) is 93.9 Å². The van der Waals surface area contributed by atoms with Crippen molar-refractivity contribution in [1.29, 1.82) is 0 Å². The van der Waals surface area contributed by atoms with Gasteiger partial charge in [-0.2, -0.15) is 0 Å². The summed E-state index contributed by atoms with van der Waals surface area (Å²) >= 11 is 6.40. The number of carbonyl (C=O) groups excluding carboxylic acids is 1. The van der Waals surface area contributed by atoms with Gasteiger partial charge in [0.15, 0.2) is 0 Å². The van der Waals surface area contributed by atoms with Gasteiger partial charge < -0.3 is 19.1 Å². The third-order valence-electron chi connectivity index (χ3n) is 11.9. The number of sulfonamides is 1. The number of ether oxygens (including phenoxy) is 3. The SMILES string of the molecule is CCO[C@@]1(CN2CCC(OC)CC2)/C=C/C[C@H](C)[C@@H](C)S(=O)(=O)NC(=O)c2ccc3c(c2)N(CCCCc2cc(Cl)ccc2CO3)C[C@@H]2CCC21. The van der Waals surface area contributed by atoms with Crippen LogP contribution >= 0.6 is 11.6 Å². The smallest absolute Gasteiger partial charge is 0.264 e. The number of likely N-dealkylation sites (tertiary alicyclic amines) is 1. The van der Waals surface area contributed by atoms with Crippen LogP contribution in [0.15, 0.2) is 48.6 Å². The second kappa shape index (κ2) is 16.6. The lowest BCUT2D eigenvalue weighted by Crippen LogP contribution is -2.57. The van der Waals surface area contributed by atoms with E-state index in [1.807, 2.05) is 37.3 Å². The van der Waals surface area contributed by atoms with Crippen molar-refractivity contribution in [2.24, 2.45) is 17.8 Å². The largest absolute Gasteiger partial charge is 0.487 e. The first-order valence-corrected chi connectivity index (χ1v) is 20.9. The van der Waals surface area contributed by atoms with E-state index < -0.39 is 26.8 Å². The summed E-state index contributed by atoms with van der Waals surface area (Å²) < 4.78 is 48.7. The van der Waals surface area contributed by atoms with E-state index in [1.54, 1.807) is 20.1 Å². The molecule has 1 aliphatic carbocycles. The topological polar surface area (TPSA) is 97.4 Å². The number of amides is 1. The van der Waals surface area contributed by atoms with E-state index >= 15 is 0 Å². The monoisotopic (exact) mass is 741 g/mol. The molecule has 0 spiro atoms. The van der Waals surface area contributed by atoms with Crippen LogP contribution in [0.25, 0.3) is 0 Å². The lowest BCUT2D eigenvalue weighted by Gasteiger charge is -2.52. The minimum Gasteiger partial charge on any atom is -0.487 e. The maximum absolute atomic E-state index is 13.6. The Labute approximate surface area is 310 Å². The maximum atomic E-state index is 13.6. The van der Waals surface area contributed by atoms with E-state index in [1.165, 1.54) is 5.56 Å². The number of anilines is 1. The first-order chi connectivity index (χ1) is 24.5. The number of aryl methyl sites for hydroxylation is 1. The zero-order valence-corrected chi connectivity index (χ0v) is 32.3. The molecule has 3 heterocycles. The molecule has 9 nitrogen and oxygen atoms in total. The number of carbonyl (C=O) groups is 1.